The van der Waals surface area contributed by atoms with Crippen molar-refractivity contribution in [3.63, 3.8) is 0 Å². The van der Waals surface area contributed by atoms with E-state index in [0.717, 1.165) is 41.3 Å². The van der Waals surface area contributed by atoms with Gasteiger partial charge < -0.3 is 15.5 Å². The third-order valence-electron chi connectivity index (χ3n) is 4.89. The number of carbonyl (C=O) groups is 2. The number of anilines is 2. The Hall–Kier alpha value is -3.03. The van der Waals surface area contributed by atoms with Gasteiger partial charge in [0.05, 0.1) is 6.54 Å². The zero-order valence-electron chi connectivity index (χ0n) is 17.5. The monoisotopic (exact) mass is 396 g/mol. The summed E-state index contributed by atoms with van der Waals surface area (Å²) < 4.78 is 0. The molecule has 0 saturated carbocycles. The fourth-order valence-corrected chi connectivity index (χ4v) is 3.64. The molecular weight excluding hydrogens is 368 g/mol. The van der Waals surface area contributed by atoms with Crippen LogP contribution in [0.2, 0.25) is 0 Å². The van der Waals surface area contributed by atoms with Crippen LogP contribution in [0.4, 0.5) is 11.6 Å². The fourth-order valence-electron chi connectivity index (χ4n) is 3.64. The molecule has 2 aromatic heterocycles. The predicted molar refractivity (Wildman–Crippen MR) is 111 cm³/mol. The van der Waals surface area contributed by atoms with Gasteiger partial charge in [0.25, 0.3) is 0 Å². The van der Waals surface area contributed by atoms with E-state index in [1.54, 1.807) is 0 Å². The number of piperidine rings is 1. The molecule has 0 radical (unpaired) electrons. The summed E-state index contributed by atoms with van der Waals surface area (Å²) in [4.78, 5) is 38.9. The van der Waals surface area contributed by atoms with E-state index < -0.39 is 0 Å². The van der Waals surface area contributed by atoms with Crippen LogP contribution in [0.1, 0.15) is 48.5 Å². The van der Waals surface area contributed by atoms with Crippen molar-refractivity contribution >= 4 is 23.5 Å². The molecule has 1 saturated heterocycles. The summed E-state index contributed by atoms with van der Waals surface area (Å²) in [6.45, 7) is 8.61. The van der Waals surface area contributed by atoms with Crippen LogP contribution in [-0.4, -0.2) is 51.3 Å². The molecule has 0 aliphatic carbocycles. The van der Waals surface area contributed by atoms with Crippen LogP contribution in [0.25, 0.3) is 0 Å². The number of hydrogen-bond acceptors (Lipinski definition) is 6. The largest absolute Gasteiger partial charge is 0.347 e. The van der Waals surface area contributed by atoms with Crippen molar-refractivity contribution in [2.45, 2.75) is 46.5 Å². The lowest BCUT2D eigenvalue weighted by atomic mass is 9.93. The normalized spacial score (nSPS) is 16.4. The number of carbonyl (C=O) groups excluding carboxylic acids is 2. The number of hydrogen-bond donors (Lipinski definition) is 2. The van der Waals surface area contributed by atoms with Gasteiger partial charge in [-0.2, -0.15) is 0 Å². The van der Waals surface area contributed by atoms with Gasteiger partial charge in [-0.3, -0.25) is 14.6 Å². The standard InChI is InChI=1S/C21H28N6O2/c1-13-8-14(2)25-21(24-13)26-18-9-15(3)23-19(10-18)17-6-5-7-27(12-17)20(29)11-22-16(4)28/h8-10,17H,5-7,11-12H2,1-4H3,(H,22,28)(H,23,24,25,26)/t17-/m1/s1. The molecule has 0 aromatic carbocycles. The summed E-state index contributed by atoms with van der Waals surface area (Å²) in [5, 5.41) is 5.86. The van der Waals surface area contributed by atoms with Crippen molar-refractivity contribution in [2.75, 3.05) is 25.0 Å². The molecule has 8 nitrogen and oxygen atoms in total. The molecular formula is C21H28N6O2. The number of nitrogens with zero attached hydrogens (tertiary/aromatic N) is 4. The first-order valence-corrected chi connectivity index (χ1v) is 9.90. The van der Waals surface area contributed by atoms with E-state index >= 15 is 0 Å². The lowest BCUT2D eigenvalue weighted by Crippen LogP contribution is -2.44. The molecule has 1 fully saturated rings. The highest BCUT2D eigenvalue weighted by molar-refractivity contribution is 5.83. The maximum Gasteiger partial charge on any atom is 0.241 e. The summed E-state index contributed by atoms with van der Waals surface area (Å²) in [6.07, 6.45) is 1.88. The van der Waals surface area contributed by atoms with Crippen LogP contribution in [0, 0.1) is 20.8 Å². The third kappa shape index (κ3) is 5.73. The molecule has 1 aliphatic heterocycles. The molecule has 3 heterocycles. The number of rotatable bonds is 5. The van der Waals surface area contributed by atoms with Crippen LogP contribution >= 0.6 is 0 Å². The van der Waals surface area contributed by atoms with Crippen molar-refractivity contribution in [1.29, 1.82) is 0 Å². The molecule has 2 amide bonds. The Bertz CT molecular complexity index is 894. The highest BCUT2D eigenvalue weighted by atomic mass is 16.2. The molecule has 2 N–H and O–H groups in total. The van der Waals surface area contributed by atoms with Crippen molar-refractivity contribution in [3.8, 4) is 0 Å². The molecule has 1 atom stereocenters. The van der Waals surface area contributed by atoms with Crippen LogP contribution in [0.15, 0.2) is 18.2 Å². The molecule has 2 aromatic rings. The van der Waals surface area contributed by atoms with Gasteiger partial charge in [-0.15, -0.1) is 0 Å². The average molecular weight is 396 g/mol. The van der Waals surface area contributed by atoms with Crippen molar-refractivity contribution in [3.05, 3.63) is 41.0 Å². The van der Waals surface area contributed by atoms with Crippen LogP contribution in [0.5, 0.6) is 0 Å². The van der Waals surface area contributed by atoms with E-state index in [9.17, 15) is 9.59 Å². The van der Waals surface area contributed by atoms with E-state index in [2.05, 4.69) is 20.6 Å². The Morgan fingerprint density at radius 3 is 2.45 bits per heavy atom. The lowest BCUT2D eigenvalue weighted by molar-refractivity contribution is -0.133. The first-order valence-electron chi connectivity index (χ1n) is 9.90. The second kappa shape index (κ2) is 8.98. The van der Waals surface area contributed by atoms with Gasteiger partial charge in [-0.05, 0) is 51.8 Å². The third-order valence-corrected chi connectivity index (χ3v) is 4.89. The van der Waals surface area contributed by atoms with E-state index in [0.29, 0.717) is 19.0 Å². The van der Waals surface area contributed by atoms with Gasteiger partial charge in [0.1, 0.15) is 0 Å². The fraction of sp³-hybridized carbons (Fsp3) is 0.476. The second-order valence-corrected chi connectivity index (χ2v) is 7.61. The number of aromatic nitrogens is 3. The Morgan fingerprint density at radius 1 is 1.07 bits per heavy atom. The molecule has 0 bridgehead atoms. The van der Waals surface area contributed by atoms with Gasteiger partial charge in [0.2, 0.25) is 17.8 Å². The minimum atomic E-state index is -0.198. The number of amides is 2. The molecule has 3 rings (SSSR count). The summed E-state index contributed by atoms with van der Waals surface area (Å²) in [5.41, 5.74) is 4.56. The maximum atomic E-state index is 12.4. The van der Waals surface area contributed by atoms with E-state index in [4.69, 9.17) is 4.98 Å². The van der Waals surface area contributed by atoms with E-state index in [-0.39, 0.29) is 24.3 Å². The molecule has 0 unspecified atom stereocenters. The first kappa shape index (κ1) is 20.7. The average Bonchev–Trinajstić information content (AvgIpc) is 2.65. The van der Waals surface area contributed by atoms with Gasteiger partial charge in [-0.25, -0.2) is 9.97 Å². The Morgan fingerprint density at radius 2 is 1.76 bits per heavy atom. The molecule has 1 aliphatic rings. The quantitative estimate of drug-likeness (QED) is 0.805. The van der Waals surface area contributed by atoms with E-state index in [1.807, 2.05) is 43.9 Å². The number of pyridine rings is 1. The Balaban J connectivity index is 1.74. The zero-order valence-corrected chi connectivity index (χ0v) is 17.5. The topological polar surface area (TPSA) is 100 Å². The summed E-state index contributed by atoms with van der Waals surface area (Å²) in [5.74, 6) is 0.469. The number of nitrogens with one attached hydrogen (secondary N) is 2. The highest BCUT2D eigenvalue weighted by Crippen LogP contribution is 2.28. The number of likely N-dealkylation sites (tertiary alicyclic amines) is 1. The minimum absolute atomic E-state index is 0.0418. The van der Waals surface area contributed by atoms with Crippen LogP contribution in [-0.2, 0) is 9.59 Å². The van der Waals surface area contributed by atoms with Crippen molar-refractivity contribution in [2.24, 2.45) is 0 Å². The zero-order chi connectivity index (χ0) is 21.0. The van der Waals surface area contributed by atoms with Gasteiger partial charge in [0.15, 0.2) is 0 Å². The maximum absolute atomic E-state index is 12.4. The van der Waals surface area contributed by atoms with Crippen LogP contribution in [0.3, 0.4) is 0 Å². The lowest BCUT2D eigenvalue weighted by Gasteiger charge is -2.33. The van der Waals surface area contributed by atoms with Gasteiger partial charge in [0, 0.05) is 54.4 Å². The van der Waals surface area contributed by atoms with Gasteiger partial charge in [-0.1, -0.05) is 0 Å². The van der Waals surface area contributed by atoms with Gasteiger partial charge >= 0.3 is 0 Å². The summed E-state index contributed by atoms with van der Waals surface area (Å²) in [7, 11) is 0. The Labute approximate surface area is 171 Å². The SMILES string of the molecule is CC(=O)NCC(=O)N1CCC[C@@H](c2cc(Nc3nc(C)cc(C)n3)cc(C)n2)C1. The second-order valence-electron chi connectivity index (χ2n) is 7.61. The molecule has 0 spiro atoms. The Kier molecular flexibility index (Phi) is 6.41. The molecule has 29 heavy (non-hydrogen) atoms. The molecule has 154 valence electrons. The number of aryl methyl sites for hydroxylation is 3. The summed E-state index contributed by atoms with van der Waals surface area (Å²) >= 11 is 0. The minimum Gasteiger partial charge on any atom is -0.347 e. The van der Waals surface area contributed by atoms with Crippen molar-refractivity contribution < 1.29 is 9.59 Å². The molecule has 8 heteroatoms. The first-order chi connectivity index (χ1) is 13.8. The summed E-state index contributed by atoms with van der Waals surface area (Å²) in [6, 6.07) is 5.91. The van der Waals surface area contributed by atoms with Crippen LogP contribution < -0.4 is 10.6 Å². The van der Waals surface area contributed by atoms with Crippen molar-refractivity contribution in [1.82, 2.24) is 25.2 Å². The van der Waals surface area contributed by atoms with E-state index in [1.165, 1.54) is 6.92 Å². The smallest absolute Gasteiger partial charge is 0.241 e. The highest BCUT2D eigenvalue weighted by Gasteiger charge is 2.26. The predicted octanol–water partition coefficient (Wildman–Crippen LogP) is 2.38.